The Hall–Kier alpha value is -0.300. The van der Waals surface area contributed by atoms with E-state index in [0.717, 1.165) is 12.8 Å². The molecular formula is C20H37ClO. The lowest BCUT2D eigenvalue weighted by Gasteiger charge is -2.02. The number of carbonyl (C=O) groups is 1. The summed E-state index contributed by atoms with van der Waals surface area (Å²) >= 11 is 5.31. The topological polar surface area (TPSA) is 17.1 Å². The molecule has 0 aromatic carbocycles. The number of hydrogen-bond donors (Lipinski definition) is 0. The van der Waals surface area contributed by atoms with E-state index in [2.05, 4.69) is 19.1 Å². The van der Waals surface area contributed by atoms with Crippen LogP contribution in [0.1, 0.15) is 110 Å². The minimum absolute atomic E-state index is 0.184. The lowest BCUT2D eigenvalue weighted by Crippen LogP contribution is -1.86. The third kappa shape index (κ3) is 19.7. The van der Waals surface area contributed by atoms with Gasteiger partial charge in [0.05, 0.1) is 0 Å². The van der Waals surface area contributed by atoms with Gasteiger partial charge in [-0.3, -0.25) is 4.79 Å². The lowest BCUT2D eigenvalue weighted by atomic mass is 10.1. The fourth-order valence-corrected chi connectivity index (χ4v) is 2.82. The van der Waals surface area contributed by atoms with Gasteiger partial charge in [-0.25, -0.2) is 0 Å². The molecule has 0 spiro atoms. The maximum atomic E-state index is 10.6. The highest BCUT2D eigenvalue weighted by atomic mass is 35.5. The summed E-state index contributed by atoms with van der Waals surface area (Å²) in [6.45, 7) is 2.26. The van der Waals surface area contributed by atoms with E-state index >= 15 is 0 Å². The molecule has 0 aliphatic carbocycles. The van der Waals surface area contributed by atoms with Gasteiger partial charge in [-0.1, -0.05) is 83.3 Å². The molecule has 0 amide bonds. The largest absolute Gasteiger partial charge is 0.281 e. The predicted molar refractivity (Wildman–Crippen MR) is 99.5 cm³/mol. The van der Waals surface area contributed by atoms with Crippen LogP contribution >= 0.6 is 11.6 Å². The molecule has 2 heteroatoms. The summed E-state index contributed by atoms with van der Waals surface area (Å²) in [6.07, 6.45) is 24.8. The Morgan fingerprint density at radius 1 is 0.682 bits per heavy atom. The fourth-order valence-electron chi connectivity index (χ4n) is 2.69. The van der Waals surface area contributed by atoms with Crippen molar-refractivity contribution in [2.45, 2.75) is 110 Å². The molecule has 0 saturated carbocycles. The monoisotopic (exact) mass is 328 g/mol. The molecule has 0 radical (unpaired) electrons. The van der Waals surface area contributed by atoms with Crippen molar-refractivity contribution >= 4 is 16.8 Å². The first-order valence-electron chi connectivity index (χ1n) is 9.60. The first-order chi connectivity index (χ1) is 10.8. The van der Waals surface area contributed by atoms with Gasteiger partial charge in [0.15, 0.2) is 0 Å². The van der Waals surface area contributed by atoms with Crippen molar-refractivity contribution in [2.75, 3.05) is 0 Å². The average Bonchev–Trinajstić information content (AvgIpc) is 2.50. The van der Waals surface area contributed by atoms with Gasteiger partial charge < -0.3 is 0 Å². The summed E-state index contributed by atoms with van der Waals surface area (Å²) in [6, 6.07) is 0. The van der Waals surface area contributed by atoms with Crippen LogP contribution in [-0.2, 0) is 4.79 Å². The summed E-state index contributed by atoms with van der Waals surface area (Å²) in [5.74, 6) is 0. The average molecular weight is 329 g/mol. The number of rotatable bonds is 17. The zero-order valence-electron chi connectivity index (χ0n) is 14.8. The van der Waals surface area contributed by atoms with E-state index in [4.69, 9.17) is 11.6 Å². The predicted octanol–water partition coefficient (Wildman–Crippen LogP) is 7.57. The van der Waals surface area contributed by atoms with Crippen LogP contribution in [-0.4, -0.2) is 5.24 Å². The fraction of sp³-hybridized carbons (Fsp3) is 0.850. The molecule has 0 aliphatic rings. The van der Waals surface area contributed by atoms with Gasteiger partial charge in [0.1, 0.15) is 0 Å². The maximum absolute atomic E-state index is 10.6. The van der Waals surface area contributed by atoms with Crippen molar-refractivity contribution in [1.29, 1.82) is 0 Å². The van der Waals surface area contributed by atoms with Gasteiger partial charge in [-0.2, -0.15) is 0 Å². The second-order valence-electron chi connectivity index (χ2n) is 6.40. The molecule has 0 heterocycles. The van der Waals surface area contributed by atoms with Crippen LogP contribution in [0.4, 0.5) is 0 Å². The van der Waals surface area contributed by atoms with Crippen molar-refractivity contribution in [1.82, 2.24) is 0 Å². The zero-order valence-corrected chi connectivity index (χ0v) is 15.5. The summed E-state index contributed by atoms with van der Waals surface area (Å²) < 4.78 is 0. The molecule has 0 rings (SSSR count). The first kappa shape index (κ1) is 21.7. The van der Waals surface area contributed by atoms with Crippen molar-refractivity contribution < 1.29 is 4.79 Å². The van der Waals surface area contributed by atoms with Crippen LogP contribution in [0.25, 0.3) is 0 Å². The number of halogens is 1. The molecule has 0 fully saturated rings. The highest BCUT2D eigenvalue weighted by molar-refractivity contribution is 6.63. The molecule has 0 aromatic heterocycles. The van der Waals surface area contributed by atoms with Gasteiger partial charge in [-0.15, -0.1) is 0 Å². The van der Waals surface area contributed by atoms with E-state index in [1.165, 1.54) is 83.5 Å². The SMILES string of the molecule is CCCCC/C=C/CCCCCCCCCCCCC(=O)Cl. The second-order valence-corrected chi connectivity index (χ2v) is 6.82. The highest BCUT2D eigenvalue weighted by Crippen LogP contribution is 2.12. The maximum Gasteiger partial charge on any atom is 0.221 e. The van der Waals surface area contributed by atoms with Gasteiger partial charge in [0, 0.05) is 6.42 Å². The smallest absolute Gasteiger partial charge is 0.221 e. The molecule has 0 aliphatic heterocycles. The van der Waals surface area contributed by atoms with E-state index in [1.54, 1.807) is 0 Å². The Balaban J connectivity index is 3.04. The van der Waals surface area contributed by atoms with Crippen LogP contribution in [0.3, 0.4) is 0 Å². The van der Waals surface area contributed by atoms with Crippen LogP contribution in [0.2, 0.25) is 0 Å². The zero-order chi connectivity index (χ0) is 16.3. The van der Waals surface area contributed by atoms with Crippen molar-refractivity contribution in [2.24, 2.45) is 0 Å². The van der Waals surface area contributed by atoms with Crippen molar-refractivity contribution in [3.05, 3.63) is 12.2 Å². The molecule has 0 bridgehead atoms. The Kier molecular flexibility index (Phi) is 18.5. The number of hydrogen-bond acceptors (Lipinski definition) is 1. The van der Waals surface area contributed by atoms with Crippen LogP contribution in [0.15, 0.2) is 12.2 Å². The van der Waals surface area contributed by atoms with Gasteiger partial charge in [-0.05, 0) is 43.7 Å². The molecule has 0 atom stereocenters. The minimum Gasteiger partial charge on any atom is -0.281 e. The number of unbranched alkanes of at least 4 members (excludes halogenated alkanes) is 13. The third-order valence-corrected chi connectivity index (χ3v) is 4.32. The molecule has 0 aromatic rings. The van der Waals surface area contributed by atoms with Crippen molar-refractivity contribution in [3.63, 3.8) is 0 Å². The first-order valence-corrected chi connectivity index (χ1v) is 9.98. The van der Waals surface area contributed by atoms with E-state index in [0.29, 0.717) is 6.42 Å². The Labute approximate surface area is 143 Å². The molecule has 0 saturated heterocycles. The van der Waals surface area contributed by atoms with Gasteiger partial charge >= 0.3 is 0 Å². The van der Waals surface area contributed by atoms with Crippen LogP contribution in [0.5, 0.6) is 0 Å². The highest BCUT2D eigenvalue weighted by Gasteiger charge is 1.96. The van der Waals surface area contributed by atoms with Crippen LogP contribution < -0.4 is 0 Å². The Morgan fingerprint density at radius 3 is 1.55 bits per heavy atom. The standard InChI is InChI=1S/C20H37ClO/c1-2-3-4-5-6-7-8-9-10-11-12-13-14-15-16-17-18-19-20(21)22/h6-7H,2-5,8-19H2,1H3/b7-6+. The quantitative estimate of drug-likeness (QED) is 0.153. The summed E-state index contributed by atoms with van der Waals surface area (Å²) in [7, 11) is 0. The summed E-state index contributed by atoms with van der Waals surface area (Å²) in [5.41, 5.74) is 0. The second kappa shape index (κ2) is 18.7. The molecule has 130 valence electrons. The summed E-state index contributed by atoms with van der Waals surface area (Å²) in [4.78, 5) is 10.6. The summed E-state index contributed by atoms with van der Waals surface area (Å²) in [5, 5.41) is -0.184. The number of allylic oxidation sites excluding steroid dienone is 2. The normalized spacial score (nSPS) is 11.4. The van der Waals surface area contributed by atoms with E-state index < -0.39 is 0 Å². The molecule has 0 unspecified atom stereocenters. The van der Waals surface area contributed by atoms with Crippen molar-refractivity contribution in [3.8, 4) is 0 Å². The molecular weight excluding hydrogens is 292 g/mol. The van der Waals surface area contributed by atoms with E-state index in [9.17, 15) is 4.79 Å². The van der Waals surface area contributed by atoms with Gasteiger partial charge in [0.2, 0.25) is 5.24 Å². The Morgan fingerprint density at radius 2 is 1.09 bits per heavy atom. The van der Waals surface area contributed by atoms with E-state index in [1.807, 2.05) is 0 Å². The molecule has 0 N–H and O–H groups in total. The minimum atomic E-state index is -0.184. The molecule has 1 nitrogen and oxygen atoms in total. The lowest BCUT2D eigenvalue weighted by molar-refractivity contribution is -0.111. The van der Waals surface area contributed by atoms with E-state index in [-0.39, 0.29) is 5.24 Å². The van der Waals surface area contributed by atoms with Gasteiger partial charge in [0.25, 0.3) is 0 Å². The molecule has 22 heavy (non-hydrogen) atoms. The third-order valence-electron chi connectivity index (χ3n) is 4.14. The Bertz CT molecular complexity index is 260. The number of carbonyl (C=O) groups excluding carboxylic acids is 1. The van der Waals surface area contributed by atoms with Crippen LogP contribution in [0, 0.1) is 0 Å².